The van der Waals surface area contributed by atoms with Crippen LogP contribution in [0, 0.1) is 5.82 Å². The van der Waals surface area contributed by atoms with E-state index < -0.39 is 25.5 Å². The Hall–Kier alpha value is -4.42. The molecule has 1 unspecified atom stereocenters. The maximum Gasteiger partial charge on any atom is 0.416 e. The van der Waals surface area contributed by atoms with Crippen molar-refractivity contribution in [2.24, 2.45) is 0 Å². The minimum Gasteiger partial charge on any atom is -0.446 e. The summed E-state index contributed by atoms with van der Waals surface area (Å²) < 4.78 is 30.0. The molecule has 1 aliphatic heterocycles. The van der Waals surface area contributed by atoms with Gasteiger partial charge in [0.1, 0.15) is 36.8 Å². The summed E-state index contributed by atoms with van der Waals surface area (Å²) in [5.74, 6) is 0.344. The fourth-order valence-corrected chi connectivity index (χ4v) is 5.79. The summed E-state index contributed by atoms with van der Waals surface area (Å²) in [7, 11) is -1.22. The number of halogens is 1. The van der Waals surface area contributed by atoms with Gasteiger partial charge < -0.3 is 9.47 Å². The number of carbonyl (C=O) groups excluding carboxylic acids is 1. The van der Waals surface area contributed by atoms with Gasteiger partial charge in [0.15, 0.2) is 11.5 Å². The number of cyclic esters (lactones) is 1. The summed E-state index contributed by atoms with van der Waals surface area (Å²) in [6, 6.07) is 17.4. The highest BCUT2D eigenvalue weighted by molar-refractivity contribution is 6.76. The van der Waals surface area contributed by atoms with E-state index in [1.54, 1.807) is 44.7 Å². The lowest BCUT2D eigenvalue weighted by Gasteiger charge is -2.31. The molecule has 6 rings (SSSR count). The summed E-state index contributed by atoms with van der Waals surface area (Å²) in [5.41, 5.74) is 2.18. The topological polar surface area (TPSA) is 99.7 Å². The molecule has 12 heteroatoms. The maximum atomic E-state index is 15.6. The Balaban J connectivity index is 1.29. The van der Waals surface area contributed by atoms with Gasteiger partial charge in [0.2, 0.25) is 0 Å². The average Bonchev–Trinajstić information content (AvgIpc) is 3.68. The van der Waals surface area contributed by atoms with Gasteiger partial charge in [-0.25, -0.2) is 33.3 Å². The molecule has 0 aliphatic carbocycles. The Morgan fingerprint density at radius 3 is 2.64 bits per heavy atom. The lowest BCUT2D eigenvalue weighted by Crippen LogP contribution is -2.42. The van der Waals surface area contributed by atoms with Gasteiger partial charge in [-0.1, -0.05) is 56.0 Å². The number of rotatable bonds is 9. The summed E-state index contributed by atoms with van der Waals surface area (Å²) in [5, 5.41) is 8.64. The van der Waals surface area contributed by atoms with Gasteiger partial charge in [0.25, 0.3) is 0 Å². The highest BCUT2D eigenvalue weighted by Gasteiger charge is 2.46. The third-order valence-electron chi connectivity index (χ3n) is 7.48. The zero-order chi connectivity index (χ0) is 29.5. The fourth-order valence-electron chi connectivity index (χ4n) is 5.04. The first kappa shape index (κ1) is 27.7. The molecule has 1 atom stereocenters. The predicted molar refractivity (Wildman–Crippen MR) is 159 cm³/mol. The van der Waals surface area contributed by atoms with Crippen molar-refractivity contribution >= 4 is 25.6 Å². The van der Waals surface area contributed by atoms with Crippen LogP contribution in [0.2, 0.25) is 25.7 Å². The summed E-state index contributed by atoms with van der Waals surface area (Å²) in [6.45, 7) is 9.82. The smallest absolute Gasteiger partial charge is 0.416 e. The largest absolute Gasteiger partial charge is 0.446 e. The van der Waals surface area contributed by atoms with E-state index in [4.69, 9.17) is 14.5 Å². The van der Waals surface area contributed by atoms with Crippen molar-refractivity contribution in [1.82, 2.24) is 29.4 Å². The van der Waals surface area contributed by atoms with Crippen LogP contribution in [0.1, 0.15) is 12.5 Å². The minimum absolute atomic E-state index is 0.190. The second-order valence-corrected chi connectivity index (χ2v) is 17.4. The molecule has 216 valence electrons. The van der Waals surface area contributed by atoms with Gasteiger partial charge in [-0.2, -0.15) is 10.2 Å². The van der Waals surface area contributed by atoms with Gasteiger partial charge in [0, 0.05) is 26.4 Å². The lowest BCUT2D eigenvalue weighted by molar-refractivity contribution is 0.0796. The summed E-state index contributed by atoms with van der Waals surface area (Å²) in [6.07, 6.45) is 4.28. The monoisotopic (exact) mass is 585 g/mol. The quantitative estimate of drug-likeness (QED) is 0.155. The van der Waals surface area contributed by atoms with Crippen LogP contribution in [-0.2, 0) is 21.7 Å². The van der Waals surface area contributed by atoms with E-state index >= 15 is 4.39 Å². The Morgan fingerprint density at radius 2 is 1.88 bits per heavy atom. The van der Waals surface area contributed by atoms with Crippen LogP contribution in [-0.4, -0.2) is 56.7 Å². The number of hydrogen-bond acceptors (Lipinski definition) is 7. The molecule has 0 spiro atoms. The van der Waals surface area contributed by atoms with Crippen LogP contribution in [0.3, 0.4) is 0 Å². The average molecular weight is 586 g/mol. The van der Waals surface area contributed by atoms with Crippen molar-refractivity contribution in [3.05, 3.63) is 84.7 Å². The first-order valence-corrected chi connectivity index (χ1v) is 17.5. The molecular formula is C30H32FN7O3Si. The van der Waals surface area contributed by atoms with Crippen LogP contribution in [0.15, 0.2) is 73.3 Å². The van der Waals surface area contributed by atoms with Crippen molar-refractivity contribution in [2.45, 2.75) is 44.9 Å². The molecule has 5 aromatic rings. The molecule has 0 saturated carbocycles. The van der Waals surface area contributed by atoms with E-state index in [9.17, 15) is 4.79 Å². The fraction of sp³-hybridized carbons (Fsp3) is 0.300. The van der Waals surface area contributed by atoms with E-state index in [0.717, 1.165) is 11.6 Å². The van der Waals surface area contributed by atoms with Gasteiger partial charge in [-0.15, -0.1) is 0 Å². The number of anilines is 1. The van der Waals surface area contributed by atoms with Gasteiger partial charge in [-0.05, 0) is 42.3 Å². The highest BCUT2D eigenvalue weighted by atomic mass is 28.3. The standard InChI is InChI=1S/C30H32FN7O3Si/c1-30(22-8-6-5-7-9-22)18-41-29(39)38(30)26-12-13-36-28(35-26)24(17-33-36)21-10-11-23(25(31)16-21)27-32-19-34-37(27)20-40-14-15-42(2,3)4/h5-13,16-17,19H,14-15,18,20H2,1-4H3. The van der Waals surface area contributed by atoms with E-state index in [-0.39, 0.29) is 13.3 Å². The lowest BCUT2D eigenvalue weighted by atomic mass is 9.92. The van der Waals surface area contributed by atoms with Crippen molar-refractivity contribution in [3.63, 3.8) is 0 Å². The van der Waals surface area contributed by atoms with Crippen LogP contribution < -0.4 is 4.90 Å². The molecule has 0 radical (unpaired) electrons. The number of fused-ring (bicyclic) bond motifs is 1. The van der Waals surface area contributed by atoms with E-state index in [2.05, 4.69) is 34.8 Å². The number of carbonyl (C=O) groups is 1. The molecule has 42 heavy (non-hydrogen) atoms. The molecule has 10 nitrogen and oxygen atoms in total. The molecule has 1 saturated heterocycles. The molecular weight excluding hydrogens is 553 g/mol. The molecule has 1 amide bonds. The Bertz CT molecular complexity index is 1750. The first-order valence-electron chi connectivity index (χ1n) is 13.8. The molecule has 2 aromatic carbocycles. The number of amides is 1. The first-order chi connectivity index (χ1) is 20.1. The van der Waals surface area contributed by atoms with Crippen molar-refractivity contribution in [2.75, 3.05) is 18.1 Å². The van der Waals surface area contributed by atoms with E-state index in [1.165, 1.54) is 12.4 Å². The number of nitrogens with zero attached hydrogens (tertiary/aromatic N) is 7. The SMILES string of the molecule is CC1(c2ccccc2)COC(=O)N1c1ccn2ncc(-c3ccc(-c4ncnn4COCC[Si](C)(C)C)c(F)c3)c2n1. The van der Waals surface area contributed by atoms with Crippen molar-refractivity contribution in [3.8, 4) is 22.5 Å². The summed E-state index contributed by atoms with van der Waals surface area (Å²) >= 11 is 0. The van der Waals surface area contributed by atoms with Crippen molar-refractivity contribution in [1.29, 1.82) is 0 Å². The molecule has 3 aromatic heterocycles. The number of benzene rings is 2. The van der Waals surface area contributed by atoms with Gasteiger partial charge in [-0.3, -0.25) is 0 Å². The molecule has 4 heterocycles. The third kappa shape index (κ3) is 5.18. The maximum absolute atomic E-state index is 15.6. The van der Waals surface area contributed by atoms with Crippen LogP contribution >= 0.6 is 0 Å². The number of aromatic nitrogens is 6. The molecule has 1 aliphatic rings. The predicted octanol–water partition coefficient (Wildman–Crippen LogP) is 5.98. The van der Waals surface area contributed by atoms with Gasteiger partial charge in [0.05, 0.1) is 11.8 Å². The zero-order valence-electron chi connectivity index (χ0n) is 24.0. The second-order valence-electron chi connectivity index (χ2n) is 11.8. The number of ether oxygens (including phenoxy) is 2. The van der Waals surface area contributed by atoms with Crippen LogP contribution in [0.5, 0.6) is 0 Å². The normalized spacial score (nSPS) is 17.3. The van der Waals surface area contributed by atoms with Crippen LogP contribution in [0.4, 0.5) is 15.0 Å². The highest BCUT2D eigenvalue weighted by Crippen LogP contribution is 2.38. The Kier molecular flexibility index (Phi) is 7.11. The minimum atomic E-state index is -1.22. The number of hydrogen-bond donors (Lipinski definition) is 0. The zero-order valence-corrected chi connectivity index (χ0v) is 25.0. The van der Waals surface area contributed by atoms with E-state index in [1.807, 2.05) is 37.3 Å². The van der Waals surface area contributed by atoms with Crippen LogP contribution in [0.25, 0.3) is 28.2 Å². The van der Waals surface area contributed by atoms with Crippen molar-refractivity contribution < 1.29 is 18.7 Å². The Morgan fingerprint density at radius 1 is 1.07 bits per heavy atom. The second kappa shape index (κ2) is 10.8. The summed E-state index contributed by atoms with van der Waals surface area (Å²) in [4.78, 5) is 23.6. The molecule has 0 bridgehead atoms. The molecule has 1 fully saturated rings. The van der Waals surface area contributed by atoms with Gasteiger partial charge >= 0.3 is 6.09 Å². The van der Waals surface area contributed by atoms with E-state index in [0.29, 0.717) is 40.6 Å². The molecule has 0 N–H and O–H groups in total. The third-order valence-corrected chi connectivity index (χ3v) is 9.18. The Labute approximate surface area is 243 Å².